The fourth-order valence-corrected chi connectivity index (χ4v) is 2.88. The molecule has 1 aromatic heterocycles. The Morgan fingerprint density at radius 1 is 1.22 bits per heavy atom. The van der Waals surface area contributed by atoms with Gasteiger partial charge in [0, 0.05) is 25.0 Å². The van der Waals surface area contributed by atoms with Gasteiger partial charge in [-0.3, -0.25) is 4.79 Å². The first-order valence-electron chi connectivity index (χ1n) is 8.33. The molecular weight excluding hydrogens is 352 g/mol. The Labute approximate surface area is 155 Å². The van der Waals surface area contributed by atoms with Gasteiger partial charge >= 0.3 is 0 Å². The first-order chi connectivity index (χ1) is 13.0. The second kappa shape index (κ2) is 7.99. The molecule has 0 spiro atoms. The third-order valence-electron chi connectivity index (χ3n) is 4.24. The number of benzene rings is 2. The van der Waals surface area contributed by atoms with Crippen molar-refractivity contribution in [2.24, 2.45) is 7.05 Å². The summed E-state index contributed by atoms with van der Waals surface area (Å²) in [6, 6.07) is 10.0. The number of ether oxygens (including phenoxy) is 1. The number of carbonyl (C=O) groups is 1. The van der Waals surface area contributed by atoms with Crippen LogP contribution in [0.2, 0.25) is 0 Å². The molecule has 0 bridgehead atoms. The summed E-state index contributed by atoms with van der Waals surface area (Å²) in [6.45, 7) is 0. The molecule has 3 rings (SSSR count). The van der Waals surface area contributed by atoms with Gasteiger partial charge in [0.25, 0.3) is 0 Å². The maximum absolute atomic E-state index is 13.7. The van der Waals surface area contributed by atoms with Gasteiger partial charge in [-0.05, 0) is 23.8 Å². The molecule has 3 aromatic rings. The van der Waals surface area contributed by atoms with Crippen LogP contribution in [0.25, 0.3) is 0 Å². The van der Waals surface area contributed by atoms with Crippen LogP contribution in [0.1, 0.15) is 23.0 Å². The summed E-state index contributed by atoms with van der Waals surface area (Å²) >= 11 is 0. The summed E-state index contributed by atoms with van der Waals surface area (Å²) in [5.74, 6) is -1.11. The summed E-state index contributed by atoms with van der Waals surface area (Å²) in [5.41, 5.74) is 1.12. The van der Waals surface area contributed by atoms with E-state index in [-0.39, 0.29) is 12.3 Å². The number of carbonyl (C=O) groups excluding carboxylic acids is 1. The summed E-state index contributed by atoms with van der Waals surface area (Å²) < 4.78 is 34.0. The Morgan fingerprint density at radius 2 is 2.00 bits per heavy atom. The van der Waals surface area contributed by atoms with Crippen LogP contribution in [-0.4, -0.2) is 22.6 Å². The maximum Gasteiger partial charge on any atom is 0.225 e. The molecule has 0 aliphatic rings. The third kappa shape index (κ3) is 4.13. The molecule has 1 amide bonds. The van der Waals surface area contributed by atoms with E-state index in [0.717, 1.165) is 17.7 Å². The molecule has 140 valence electrons. The van der Waals surface area contributed by atoms with Gasteiger partial charge in [0.2, 0.25) is 5.91 Å². The molecule has 0 aliphatic heterocycles. The maximum atomic E-state index is 13.7. The van der Waals surface area contributed by atoms with E-state index in [1.807, 2.05) is 12.1 Å². The molecule has 7 heteroatoms. The van der Waals surface area contributed by atoms with E-state index in [9.17, 15) is 13.6 Å². The Balaban J connectivity index is 1.88. The molecule has 27 heavy (non-hydrogen) atoms. The van der Waals surface area contributed by atoms with Crippen LogP contribution < -0.4 is 10.1 Å². The second-order valence-electron chi connectivity index (χ2n) is 6.06. The fourth-order valence-electron chi connectivity index (χ4n) is 2.88. The lowest BCUT2D eigenvalue weighted by molar-refractivity contribution is -0.121. The molecule has 0 fully saturated rings. The number of hydrogen-bond donors (Lipinski definition) is 1. The Hall–Kier alpha value is -3.22. The highest BCUT2D eigenvalue weighted by Crippen LogP contribution is 2.23. The molecule has 1 N–H and O–H groups in total. The number of para-hydroxylation sites is 1. The molecule has 0 saturated heterocycles. The SMILES string of the molecule is COc1ccccc1CC(=O)N[C@H](c1ccc(F)c(F)c1)c1nccn1C. The van der Waals surface area contributed by atoms with Crippen LogP contribution in [0.4, 0.5) is 8.78 Å². The predicted molar refractivity (Wildman–Crippen MR) is 96.2 cm³/mol. The molecular formula is C20H19F2N3O2. The lowest BCUT2D eigenvalue weighted by Crippen LogP contribution is -2.32. The zero-order valence-electron chi connectivity index (χ0n) is 14.9. The molecule has 0 unspecified atom stereocenters. The van der Waals surface area contributed by atoms with Crippen molar-refractivity contribution in [1.82, 2.24) is 14.9 Å². The van der Waals surface area contributed by atoms with Gasteiger partial charge in [-0.15, -0.1) is 0 Å². The van der Waals surface area contributed by atoms with E-state index in [1.54, 1.807) is 36.1 Å². The number of aromatic nitrogens is 2. The first-order valence-corrected chi connectivity index (χ1v) is 8.33. The van der Waals surface area contributed by atoms with Gasteiger partial charge in [-0.2, -0.15) is 0 Å². The van der Waals surface area contributed by atoms with Crippen molar-refractivity contribution in [2.75, 3.05) is 7.11 Å². The number of aryl methyl sites for hydroxylation is 1. The molecule has 0 aliphatic carbocycles. The highest BCUT2D eigenvalue weighted by atomic mass is 19.2. The summed E-state index contributed by atoms with van der Waals surface area (Å²) in [7, 11) is 3.30. The topological polar surface area (TPSA) is 56.1 Å². The monoisotopic (exact) mass is 371 g/mol. The predicted octanol–water partition coefficient (Wildman–Crippen LogP) is 3.16. The van der Waals surface area contributed by atoms with Gasteiger partial charge in [0.05, 0.1) is 13.5 Å². The number of amides is 1. The van der Waals surface area contributed by atoms with E-state index < -0.39 is 17.7 Å². The molecule has 1 heterocycles. The minimum absolute atomic E-state index is 0.0780. The smallest absolute Gasteiger partial charge is 0.225 e. The van der Waals surface area contributed by atoms with Crippen LogP contribution in [-0.2, 0) is 18.3 Å². The zero-order chi connectivity index (χ0) is 19.4. The van der Waals surface area contributed by atoms with E-state index in [2.05, 4.69) is 10.3 Å². The van der Waals surface area contributed by atoms with Crippen molar-refractivity contribution < 1.29 is 18.3 Å². The number of rotatable bonds is 6. The second-order valence-corrected chi connectivity index (χ2v) is 6.06. The first kappa shape index (κ1) is 18.6. The molecule has 2 aromatic carbocycles. The number of hydrogen-bond acceptors (Lipinski definition) is 3. The van der Waals surface area contributed by atoms with E-state index in [1.165, 1.54) is 13.2 Å². The van der Waals surface area contributed by atoms with Crippen molar-refractivity contribution in [3.63, 3.8) is 0 Å². The third-order valence-corrected chi connectivity index (χ3v) is 4.24. The van der Waals surface area contributed by atoms with Crippen molar-refractivity contribution in [3.8, 4) is 5.75 Å². The lowest BCUT2D eigenvalue weighted by Gasteiger charge is -2.20. The van der Waals surface area contributed by atoms with Crippen molar-refractivity contribution in [2.45, 2.75) is 12.5 Å². The van der Waals surface area contributed by atoms with Crippen LogP contribution >= 0.6 is 0 Å². The van der Waals surface area contributed by atoms with Crippen molar-refractivity contribution in [1.29, 1.82) is 0 Å². The summed E-state index contributed by atoms with van der Waals surface area (Å²) in [6.07, 6.45) is 3.37. The Bertz CT molecular complexity index is 956. The highest BCUT2D eigenvalue weighted by molar-refractivity contribution is 5.80. The number of methoxy groups -OCH3 is 1. The lowest BCUT2D eigenvalue weighted by atomic mass is 10.0. The zero-order valence-corrected chi connectivity index (χ0v) is 14.9. The molecule has 0 saturated carbocycles. The largest absolute Gasteiger partial charge is 0.496 e. The van der Waals surface area contributed by atoms with Gasteiger partial charge in [-0.1, -0.05) is 24.3 Å². The highest BCUT2D eigenvalue weighted by Gasteiger charge is 2.22. The number of nitrogens with one attached hydrogen (secondary N) is 1. The average molecular weight is 371 g/mol. The number of imidazole rings is 1. The number of halogens is 2. The van der Waals surface area contributed by atoms with Crippen LogP contribution in [0, 0.1) is 11.6 Å². The fraction of sp³-hybridized carbons (Fsp3) is 0.200. The van der Waals surface area contributed by atoms with Gasteiger partial charge in [-0.25, -0.2) is 13.8 Å². The van der Waals surface area contributed by atoms with Crippen LogP contribution in [0.15, 0.2) is 54.9 Å². The van der Waals surface area contributed by atoms with Crippen molar-refractivity contribution in [3.05, 3.63) is 83.4 Å². The Kier molecular flexibility index (Phi) is 5.49. The summed E-state index contributed by atoms with van der Waals surface area (Å²) in [4.78, 5) is 16.9. The number of nitrogens with zero attached hydrogens (tertiary/aromatic N) is 2. The molecule has 0 radical (unpaired) electrons. The Morgan fingerprint density at radius 3 is 2.67 bits per heavy atom. The van der Waals surface area contributed by atoms with E-state index >= 15 is 0 Å². The van der Waals surface area contributed by atoms with Gasteiger partial charge < -0.3 is 14.6 Å². The average Bonchev–Trinajstić information content (AvgIpc) is 3.08. The quantitative estimate of drug-likeness (QED) is 0.724. The minimum atomic E-state index is -0.981. The minimum Gasteiger partial charge on any atom is -0.496 e. The van der Waals surface area contributed by atoms with Gasteiger partial charge in [0.15, 0.2) is 11.6 Å². The van der Waals surface area contributed by atoms with Gasteiger partial charge in [0.1, 0.15) is 17.6 Å². The van der Waals surface area contributed by atoms with Crippen molar-refractivity contribution >= 4 is 5.91 Å². The molecule has 5 nitrogen and oxygen atoms in total. The van der Waals surface area contributed by atoms with E-state index in [4.69, 9.17) is 4.74 Å². The summed E-state index contributed by atoms with van der Waals surface area (Å²) in [5, 5.41) is 2.86. The van der Waals surface area contributed by atoms with Crippen LogP contribution in [0.3, 0.4) is 0 Å². The normalized spacial score (nSPS) is 11.9. The standard InChI is InChI=1S/C20H19F2N3O2/c1-25-10-9-23-20(25)19(14-7-8-15(21)16(22)11-14)24-18(26)12-13-5-3-4-6-17(13)27-2/h3-11,19H,12H2,1-2H3,(H,24,26)/t19-/m1/s1. The molecule has 1 atom stereocenters. The van der Waals surface area contributed by atoms with Crippen LogP contribution in [0.5, 0.6) is 5.75 Å². The van der Waals surface area contributed by atoms with E-state index in [0.29, 0.717) is 17.1 Å².